The van der Waals surface area contributed by atoms with Crippen LogP contribution >= 0.6 is 0 Å². The first kappa shape index (κ1) is 8.52. The first-order valence-corrected chi connectivity index (χ1v) is 3.55. The Morgan fingerprint density at radius 1 is 1.58 bits per heavy atom. The predicted octanol–water partition coefficient (Wildman–Crippen LogP) is 0.182. The predicted molar refractivity (Wildman–Crippen MR) is 46.2 cm³/mol. The zero-order valence-electron chi connectivity index (χ0n) is 6.81. The number of hydrogen-bond donors (Lipinski definition) is 2. The van der Waals surface area contributed by atoms with Crippen LogP contribution in [0.2, 0.25) is 0 Å². The van der Waals surface area contributed by atoms with E-state index in [0.29, 0.717) is 12.0 Å². The Morgan fingerprint density at radius 2 is 2.25 bits per heavy atom. The van der Waals surface area contributed by atoms with Crippen molar-refractivity contribution in [3.8, 4) is 0 Å². The van der Waals surface area contributed by atoms with Crippen LogP contribution in [0.25, 0.3) is 0 Å². The lowest BCUT2D eigenvalue weighted by Crippen LogP contribution is -2.24. The van der Waals surface area contributed by atoms with E-state index in [-0.39, 0.29) is 5.56 Å². The van der Waals surface area contributed by atoms with Gasteiger partial charge in [-0.15, -0.1) is 0 Å². The molecule has 0 amide bonds. The van der Waals surface area contributed by atoms with E-state index in [9.17, 15) is 9.59 Å². The van der Waals surface area contributed by atoms with E-state index in [2.05, 4.69) is 16.5 Å². The summed E-state index contributed by atoms with van der Waals surface area (Å²) in [5, 5.41) is 0. The Balaban J connectivity index is 3.10. The van der Waals surface area contributed by atoms with E-state index in [4.69, 9.17) is 0 Å². The molecule has 4 nitrogen and oxygen atoms in total. The minimum atomic E-state index is -0.481. The van der Waals surface area contributed by atoms with E-state index in [1.807, 2.05) is 6.92 Å². The quantitative estimate of drug-likeness (QED) is 0.615. The molecule has 1 aromatic heterocycles. The van der Waals surface area contributed by atoms with Crippen molar-refractivity contribution in [3.63, 3.8) is 0 Å². The number of aromatic amines is 2. The lowest BCUT2D eigenvalue weighted by molar-refractivity contribution is 0.969. The number of allylic oxidation sites excluding steroid dienone is 1. The third-order valence-electron chi connectivity index (χ3n) is 1.39. The smallest absolute Gasteiger partial charge is 0.314 e. The highest BCUT2D eigenvalue weighted by Gasteiger charge is 1.98. The summed E-state index contributed by atoms with van der Waals surface area (Å²) in [6.45, 7) is 5.49. The number of aromatic nitrogens is 2. The minimum absolute atomic E-state index is 0.346. The highest BCUT2D eigenvalue weighted by atomic mass is 16.2. The van der Waals surface area contributed by atoms with Crippen LogP contribution in [-0.2, 0) is 6.42 Å². The van der Waals surface area contributed by atoms with Gasteiger partial charge in [-0.2, -0.15) is 0 Å². The lowest BCUT2D eigenvalue weighted by Gasteiger charge is -1.96. The summed E-state index contributed by atoms with van der Waals surface area (Å²) in [6.07, 6.45) is 1.90. The maximum Gasteiger partial charge on any atom is 0.325 e. The van der Waals surface area contributed by atoms with Crippen molar-refractivity contribution in [2.75, 3.05) is 0 Å². The van der Waals surface area contributed by atoms with Crippen molar-refractivity contribution in [1.29, 1.82) is 0 Å². The van der Waals surface area contributed by atoms with Gasteiger partial charge in [0, 0.05) is 11.8 Å². The molecular weight excluding hydrogens is 156 g/mol. The van der Waals surface area contributed by atoms with E-state index < -0.39 is 5.69 Å². The van der Waals surface area contributed by atoms with Gasteiger partial charge in [-0.1, -0.05) is 12.2 Å². The lowest BCUT2D eigenvalue weighted by atomic mass is 10.1. The molecular formula is C8H10N2O2. The molecule has 2 N–H and O–H groups in total. The SMILES string of the molecule is C=C(C)Cc1c[nH]c(=O)[nH]c1=O. The summed E-state index contributed by atoms with van der Waals surface area (Å²) in [5.74, 6) is 0. The second-order valence-electron chi connectivity index (χ2n) is 2.73. The van der Waals surface area contributed by atoms with Crippen LogP contribution in [0.4, 0.5) is 0 Å². The van der Waals surface area contributed by atoms with Gasteiger partial charge >= 0.3 is 5.69 Å². The standard InChI is InChI=1S/C8H10N2O2/c1-5(2)3-6-4-9-8(12)10-7(6)11/h4H,1,3H2,2H3,(H2,9,10,11,12). The molecule has 0 aromatic carbocycles. The third kappa shape index (κ3) is 1.95. The van der Waals surface area contributed by atoms with Gasteiger partial charge in [0.15, 0.2) is 0 Å². The zero-order valence-corrected chi connectivity index (χ0v) is 6.81. The average Bonchev–Trinajstić information content (AvgIpc) is 1.94. The summed E-state index contributed by atoms with van der Waals surface area (Å²) in [7, 11) is 0. The van der Waals surface area contributed by atoms with Gasteiger partial charge in [-0.05, 0) is 13.3 Å². The molecule has 0 fully saturated rings. The fourth-order valence-corrected chi connectivity index (χ4v) is 0.894. The number of hydrogen-bond acceptors (Lipinski definition) is 2. The van der Waals surface area contributed by atoms with Crippen molar-refractivity contribution < 1.29 is 0 Å². The van der Waals surface area contributed by atoms with E-state index in [1.165, 1.54) is 6.20 Å². The fraction of sp³-hybridized carbons (Fsp3) is 0.250. The molecule has 64 valence electrons. The molecule has 0 bridgehead atoms. The maximum atomic E-state index is 11.1. The monoisotopic (exact) mass is 166 g/mol. The third-order valence-corrected chi connectivity index (χ3v) is 1.39. The molecule has 0 aliphatic carbocycles. The van der Waals surface area contributed by atoms with E-state index in [1.54, 1.807) is 0 Å². The van der Waals surface area contributed by atoms with Crippen LogP contribution in [0.3, 0.4) is 0 Å². The summed E-state index contributed by atoms with van der Waals surface area (Å²) < 4.78 is 0. The van der Waals surface area contributed by atoms with Gasteiger partial charge in [-0.3, -0.25) is 9.78 Å². The van der Waals surface area contributed by atoms with Crippen molar-refractivity contribution in [2.45, 2.75) is 13.3 Å². The highest BCUT2D eigenvalue weighted by molar-refractivity contribution is 5.11. The van der Waals surface area contributed by atoms with Crippen LogP contribution < -0.4 is 11.2 Å². The summed E-state index contributed by atoms with van der Waals surface area (Å²) >= 11 is 0. The first-order valence-electron chi connectivity index (χ1n) is 3.55. The van der Waals surface area contributed by atoms with Crippen LogP contribution in [0.5, 0.6) is 0 Å². The Hall–Kier alpha value is -1.58. The number of H-pyrrole nitrogens is 2. The average molecular weight is 166 g/mol. The van der Waals surface area contributed by atoms with E-state index >= 15 is 0 Å². The van der Waals surface area contributed by atoms with Gasteiger partial charge in [0.25, 0.3) is 5.56 Å². The molecule has 1 heterocycles. The van der Waals surface area contributed by atoms with Crippen LogP contribution in [0.15, 0.2) is 27.9 Å². The molecule has 0 spiro atoms. The fourth-order valence-electron chi connectivity index (χ4n) is 0.894. The molecule has 0 saturated heterocycles. The van der Waals surface area contributed by atoms with Crippen LogP contribution in [0.1, 0.15) is 12.5 Å². The molecule has 1 aromatic rings. The van der Waals surface area contributed by atoms with Crippen molar-refractivity contribution in [1.82, 2.24) is 9.97 Å². The Bertz CT molecular complexity index is 400. The summed E-state index contributed by atoms with van der Waals surface area (Å²) in [6, 6.07) is 0. The molecule has 0 unspecified atom stereocenters. The topological polar surface area (TPSA) is 65.7 Å². The first-order chi connectivity index (χ1) is 5.59. The minimum Gasteiger partial charge on any atom is -0.314 e. The normalized spacial score (nSPS) is 9.75. The molecule has 0 atom stereocenters. The molecule has 0 saturated carbocycles. The second-order valence-corrected chi connectivity index (χ2v) is 2.73. The molecule has 0 aliphatic rings. The molecule has 0 aliphatic heterocycles. The van der Waals surface area contributed by atoms with Crippen molar-refractivity contribution in [3.05, 3.63) is 44.8 Å². The van der Waals surface area contributed by atoms with Gasteiger partial charge in [-0.25, -0.2) is 4.79 Å². The van der Waals surface area contributed by atoms with Crippen LogP contribution in [0, 0.1) is 0 Å². The molecule has 4 heteroatoms. The van der Waals surface area contributed by atoms with Crippen LogP contribution in [-0.4, -0.2) is 9.97 Å². The van der Waals surface area contributed by atoms with Gasteiger partial charge < -0.3 is 4.98 Å². The van der Waals surface area contributed by atoms with Crippen molar-refractivity contribution >= 4 is 0 Å². The second kappa shape index (κ2) is 3.21. The molecule has 1 rings (SSSR count). The van der Waals surface area contributed by atoms with E-state index in [0.717, 1.165) is 5.57 Å². The summed E-state index contributed by atoms with van der Waals surface area (Å²) in [4.78, 5) is 26.2. The van der Waals surface area contributed by atoms with Gasteiger partial charge in [0.1, 0.15) is 0 Å². The largest absolute Gasteiger partial charge is 0.325 e. The highest BCUT2D eigenvalue weighted by Crippen LogP contribution is 1.96. The Morgan fingerprint density at radius 3 is 2.75 bits per heavy atom. The number of nitrogens with one attached hydrogen (secondary N) is 2. The summed E-state index contributed by atoms with van der Waals surface area (Å²) in [5.41, 5.74) is 0.585. The number of rotatable bonds is 2. The van der Waals surface area contributed by atoms with Gasteiger partial charge in [0.05, 0.1) is 0 Å². The maximum absolute atomic E-state index is 11.1. The van der Waals surface area contributed by atoms with Gasteiger partial charge in [0.2, 0.25) is 0 Å². The zero-order chi connectivity index (χ0) is 9.14. The Kier molecular flexibility index (Phi) is 2.28. The van der Waals surface area contributed by atoms with Crippen molar-refractivity contribution in [2.24, 2.45) is 0 Å². The molecule has 12 heavy (non-hydrogen) atoms. The Labute approximate surface area is 69.0 Å². The molecule has 0 radical (unpaired) electrons.